The lowest BCUT2D eigenvalue weighted by atomic mass is 9.96. The van der Waals surface area contributed by atoms with E-state index in [4.69, 9.17) is 14.2 Å². The van der Waals surface area contributed by atoms with Crippen molar-refractivity contribution in [2.45, 2.75) is 51.3 Å². The van der Waals surface area contributed by atoms with Gasteiger partial charge in [0.2, 0.25) is 0 Å². The lowest BCUT2D eigenvalue weighted by Crippen LogP contribution is -2.37. The molecule has 1 aromatic heterocycles. The summed E-state index contributed by atoms with van der Waals surface area (Å²) >= 11 is 0. The third-order valence-corrected chi connectivity index (χ3v) is 6.68. The molecule has 0 aliphatic carbocycles. The molecule has 0 spiro atoms. The van der Waals surface area contributed by atoms with Crippen LogP contribution in [0.3, 0.4) is 0 Å². The van der Waals surface area contributed by atoms with Gasteiger partial charge in [-0.25, -0.2) is 9.37 Å². The first-order valence-corrected chi connectivity index (χ1v) is 12.6. The molecular formula is C28H36FN3O4. The van der Waals surface area contributed by atoms with Crippen LogP contribution in [0.4, 0.5) is 4.39 Å². The van der Waals surface area contributed by atoms with Crippen LogP contribution in [0.2, 0.25) is 0 Å². The molecule has 1 aliphatic heterocycles. The van der Waals surface area contributed by atoms with E-state index in [-0.39, 0.29) is 12.4 Å². The minimum atomic E-state index is -0.973. The van der Waals surface area contributed by atoms with Crippen molar-refractivity contribution in [2.75, 3.05) is 33.4 Å². The molecule has 0 amide bonds. The Labute approximate surface area is 212 Å². The number of hydrogen-bond acceptors (Lipinski definition) is 6. The lowest BCUT2D eigenvalue weighted by Gasteiger charge is -2.27. The highest BCUT2D eigenvalue weighted by molar-refractivity contribution is 5.43. The molecule has 2 aromatic carbocycles. The van der Waals surface area contributed by atoms with Crippen LogP contribution in [0.1, 0.15) is 37.6 Å². The number of aromatic nitrogens is 2. The molecular weight excluding hydrogens is 461 g/mol. The lowest BCUT2D eigenvalue weighted by molar-refractivity contribution is -0.0177. The summed E-state index contributed by atoms with van der Waals surface area (Å²) in [5.74, 6) is 2.24. The van der Waals surface area contributed by atoms with Crippen molar-refractivity contribution >= 4 is 0 Å². The maximum atomic E-state index is 13.9. The van der Waals surface area contributed by atoms with E-state index >= 15 is 0 Å². The second kappa shape index (κ2) is 12.2. The predicted molar refractivity (Wildman–Crippen MR) is 136 cm³/mol. The first-order chi connectivity index (χ1) is 17.5. The number of methoxy groups -OCH3 is 1. The molecule has 8 heteroatoms. The Balaban J connectivity index is 1.29. The van der Waals surface area contributed by atoms with E-state index in [0.717, 1.165) is 56.2 Å². The van der Waals surface area contributed by atoms with Gasteiger partial charge in [-0.15, -0.1) is 0 Å². The molecule has 0 unspecified atom stereocenters. The van der Waals surface area contributed by atoms with Crippen LogP contribution in [-0.2, 0) is 19.5 Å². The summed E-state index contributed by atoms with van der Waals surface area (Å²) in [6.07, 6.45) is 6.68. The van der Waals surface area contributed by atoms with Crippen LogP contribution in [-0.4, -0.2) is 58.6 Å². The Morgan fingerprint density at radius 1 is 1.06 bits per heavy atom. The van der Waals surface area contributed by atoms with Crippen LogP contribution in [0.15, 0.2) is 54.9 Å². The van der Waals surface area contributed by atoms with Crippen molar-refractivity contribution in [3.05, 3.63) is 72.1 Å². The van der Waals surface area contributed by atoms with Crippen LogP contribution in [0.5, 0.6) is 17.2 Å². The third-order valence-electron chi connectivity index (χ3n) is 6.68. The van der Waals surface area contributed by atoms with Gasteiger partial charge >= 0.3 is 0 Å². The van der Waals surface area contributed by atoms with E-state index in [1.54, 1.807) is 25.3 Å². The average molecular weight is 498 g/mol. The fourth-order valence-corrected chi connectivity index (χ4v) is 4.61. The fourth-order valence-electron chi connectivity index (χ4n) is 4.61. The first kappa shape index (κ1) is 26.0. The minimum Gasteiger partial charge on any atom is -0.493 e. The smallest absolute Gasteiger partial charge is 0.165 e. The maximum Gasteiger partial charge on any atom is 0.165 e. The predicted octanol–water partition coefficient (Wildman–Crippen LogP) is 4.47. The second-order valence-corrected chi connectivity index (χ2v) is 9.30. The number of nitrogens with zero attached hydrogens (tertiary/aromatic N) is 3. The zero-order chi connectivity index (χ0) is 25.4. The zero-order valence-electron chi connectivity index (χ0n) is 21.2. The number of benzene rings is 2. The summed E-state index contributed by atoms with van der Waals surface area (Å²) in [5, 5.41) is 11.1. The summed E-state index contributed by atoms with van der Waals surface area (Å²) in [4.78, 5) is 6.67. The van der Waals surface area contributed by atoms with Crippen molar-refractivity contribution in [1.82, 2.24) is 14.5 Å². The molecule has 4 rings (SSSR count). The highest BCUT2D eigenvalue weighted by Gasteiger charge is 2.31. The quantitative estimate of drug-likeness (QED) is 0.422. The molecule has 7 nitrogen and oxygen atoms in total. The molecule has 0 radical (unpaired) electrons. The Kier molecular flexibility index (Phi) is 8.83. The molecule has 0 saturated carbocycles. The normalized spacial score (nSPS) is 18.6. The number of ether oxygens (including phenoxy) is 3. The van der Waals surface area contributed by atoms with Crippen molar-refractivity contribution in [2.24, 2.45) is 0 Å². The van der Waals surface area contributed by atoms with Crippen molar-refractivity contribution < 1.29 is 23.7 Å². The second-order valence-electron chi connectivity index (χ2n) is 9.30. The molecule has 1 fully saturated rings. The number of imidazole rings is 1. The van der Waals surface area contributed by atoms with Gasteiger partial charge < -0.3 is 23.9 Å². The SMILES string of the molecule is CCc1nccn1CCOc1ccc(CN2CCC[C@](O)(COc3ccccc3F)CC2)cc1OC. The molecule has 194 valence electrons. The minimum absolute atomic E-state index is 0.0838. The highest BCUT2D eigenvalue weighted by Crippen LogP contribution is 2.30. The largest absolute Gasteiger partial charge is 0.493 e. The summed E-state index contributed by atoms with van der Waals surface area (Å²) in [5.41, 5.74) is 0.148. The van der Waals surface area contributed by atoms with Gasteiger partial charge in [-0.05, 0) is 55.6 Å². The molecule has 3 aromatic rings. The number of para-hydroxylation sites is 1. The molecule has 0 bridgehead atoms. The van der Waals surface area contributed by atoms with Crippen LogP contribution in [0, 0.1) is 5.82 Å². The number of likely N-dealkylation sites (tertiary alicyclic amines) is 1. The zero-order valence-corrected chi connectivity index (χ0v) is 21.2. The van der Waals surface area contributed by atoms with Gasteiger partial charge in [0, 0.05) is 31.9 Å². The van der Waals surface area contributed by atoms with E-state index in [1.807, 2.05) is 24.5 Å². The summed E-state index contributed by atoms with van der Waals surface area (Å²) in [7, 11) is 1.65. The average Bonchev–Trinajstić information content (AvgIpc) is 3.26. The Bertz CT molecular complexity index is 1120. The van der Waals surface area contributed by atoms with Crippen molar-refractivity contribution in [3.8, 4) is 17.2 Å². The van der Waals surface area contributed by atoms with Crippen LogP contribution < -0.4 is 14.2 Å². The molecule has 2 heterocycles. The summed E-state index contributed by atoms with van der Waals surface area (Å²) < 4.78 is 33.2. The van der Waals surface area contributed by atoms with Gasteiger partial charge in [-0.2, -0.15) is 0 Å². The van der Waals surface area contributed by atoms with E-state index in [1.165, 1.54) is 6.07 Å². The third kappa shape index (κ3) is 6.77. The van der Waals surface area contributed by atoms with Gasteiger partial charge in [-0.1, -0.05) is 25.1 Å². The van der Waals surface area contributed by atoms with Crippen LogP contribution in [0.25, 0.3) is 0 Å². The molecule has 1 aliphatic rings. The molecule has 1 N–H and O–H groups in total. The first-order valence-electron chi connectivity index (χ1n) is 12.6. The fraction of sp³-hybridized carbons (Fsp3) is 0.464. The maximum absolute atomic E-state index is 13.9. The van der Waals surface area contributed by atoms with E-state index in [0.29, 0.717) is 25.2 Å². The highest BCUT2D eigenvalue weighted by atomic mass is 19.1. The number of hydrogen-bond donors (Lipinski definition) is 1. The Hall–Kier alpha value is -3.10. The topological polar surface area (TPSA) is 69.0 Å². The van der Waals surface area contributed by atoms with E-state index in [2.05, 4.69) is 27.4 Å². The number of aryl methyl sites for hydroxylation is 1. The summed E-state index contributed by atoms with van der Waals surface area (Å²) in [6.45, 7) is 5.77. The molecule has 1 atom stereocenters. The number of halogens is 1. The van der Waals surface area contributed by atoms with Crippen molar-refractivity contribution in [3.63, 3.8) is 0 Å². The summed E-state index contributed by atoms with van der Waals surface area (Å²) in [6, 6.07) is 12.3. The van der Waals surface area contributed by atoms with Crippen molar-refractivity contribution in [1.29, 1.82) is 0 Å². The van der Waals surface area contributed by atoms with Gasteiger partial charge in [-0.3, -0.25) is 4.90 Å². The van der Waals surface area contributed by atoms with E-state index in [9.17, 15) is 9.50 Å². The monoisotopic (exact) mass is 497 g/mol. The molecule has 1 saturated heterocycles. The van der Waals surface area contributed by atoms with Gasteiger partial charge in [0.15, 0.2) is 23.1 Å². The van der Waals surface area contributed by atoms with Gasteiger partial charge in [0.25, 0.3) is 0 Å². The standard InChI is InChI=1S/C28H36FN3O4/c1-3-27-30-13-16-32(27)17-18-35-25-10-9-22(19-26(25)34-2)20-31-14-6-11-28(33,12-15-31)21-36-24-8-5-4-7-23(24)29/h4-5,7-10,13,16,19,33H,3,6,11-12,14-15,17-18,20-21H2,1-2H3/t28-/m1/s1. The molecule has 36 heavy (non-hydrogen) atoms. The Morgan fingerprint density at radius 3 is 2.72 bits per heavy atom. The Morgan fingerprint density at radius 2 is 1.92 bits per heavy atom. The van der Waals surface area contributed by atoms with E-state index < -0.39 is 11.4 Å². The number of rotatable bonds is 11. The van der Waals surface area contributed by atoms with Gasteiger partial charge in [0.05, 0.1) is 19.3 Å². The van der Waals surface area contributed by atoms with Crippen LogP contribution >= 0.6 is 0 Å². The van der Waals surface area contributed by atoms with Gasteiger partial charge in [0.1, 0.15) is 19.0 Å². The number of aliphatic hydroxyl groups is 1.